The fourth-order valence-electron chi connectivity index (χ4n) is 3.21. The van der Waals surface area contributed by atoms with E-state index in [0.717, 1.165) is 12.8 Å². The van der Waals surface area contributed by atoms with Gasteiger partial charge in [-0.3, -0.25) is 9.59 Å². The number of ether oxygens (including phenoxy) is 1. The molecule has 0 saturated heterocycles. The van der Waals surface area contributed by atoms with Crippen molar-refractivity contribution >= 4 is 12.3 Å². The van der Waals surface area contributed by atoms with Gasteiger partial charge in [0.1, 0.15) is 18.5 Å². The first-order valence-electron chi connectivity index (χ1n) is 10.3. The molecular formula is C22H36O3. The van der Waals surface area contributed by atoms with E-state index >= 15 is 0 Å². The Balaban J connectivity index is 1.86. The van der Waals surface area contributed by atoms with Crippen LogP contribution in [0.25, 0.3) is 0 Å². The van der Waals surface area contributed by atoms with Crippen LogP contribution in [-0.2, 0) is 14.3 Å². The second-order valence-electron chi connectivity index (χ2n) is 7.11. The average molecular weight is 349 g/mol. The average Bonchev–Trinajstić information content (AvgIpc) is 2.98. The summed E-state index contributed by atoms with van der Waals surface area (Å²) in [5.74, 6) is -0.830. The van der Waals surface area contributed by atoms with E-state index in [1.165, 1.54) is 83.3 Å². The molecule has 1 rings (SSSR count). The Morgan fingerprint density at radius 3 is 1.92 bits per heavy atom. The molecule has 1 heterocycles. The molecule has 0 aromatic rings. The fourth-order valence-corrected chi connectivity index (χ4v) is 3.21. The highest BCUT2D eigenvalue weighted by Crippen LogP contribution is 2.20. The lowest BCUT2D eigenvalue weighted by Gasteiger charge is -2.03. The minimum absolute atomic E-state index is 0.344. The number of allylic oxidation sites excluding steroid dienone is 1. The van der Waals surface area contributed by atoms with E-state index in [1.54, 1.807) is 6.08 Å². The molecule has 0 bridgehead atoms. The molecule has 142 valence electrons. The summed E-state index contributed by atoms with van der Waals surface area (Å²) in [4.78, 5) is 22.2. The highest BCUT2D eigenvalue weighted by Gasteiger charge is 2.27. The SMILES string of the molecule is CCCCCCCCCCCCCCC/C=C/[C@H]1C(=O)OC=C1C=O. The van der Waals surface area contributed by atoms with Crippen LogP contribution in [0.2, 0.25) is 0 Å². The molecule has 0 aromatic carbocycles. The lowest BCUT2D eigenvalue weighted by atomic mass is 10.0. The van der Waals surface area contributed by atoms with Gasteiger partial charge in [0.05, 0.1) is 0 Å². The highest BCUT2D eigenvalue weighted by atomic mass is 16.5. The summed E-state index contributed by atoms with van der Waals surface area (Å²) in [5, 5.41) is 0. The van der Waals surface area contributed by atoms with Gasteiger partial charge < -0.3 is 4.74 Å². The lowest BCUT2D eigenvalue weighted by Crippen LogP contribution is -2.09. The molecule has 0 saturated carbocycles. The first-order valence-corrected chi connectivity index (χ1v) is 10.3. The number of carbonyl (C=O) groups is 2. The minimum Gasteiger partial charge on any atom is -0.433 e. The van der Waals surface area contributed by atoms with Crippen LogP contribution in [0.1, 0.15) is 96.8 Å². The third-order valence-electron chi connectivity index (χ3n) is 4.86. The molecule has 25 heavy (non-hydrogen) atoms. The topological polar surface area (TPSA) is 43.4 Å². The number of hydrogen-bond acceptors (Lipinski definition) is 3. The van der Waals surface area contributed by atoms with Crippen LogP contribution in [0.3, 0.4) is 0 Å². The molecule has 3 nitrogen and oxygen atoms in total. The first-order chi connectivity index (χ1) is 12.3. The summed E-state index contributed by atoms with van der Waals surface area (Å²) in [7, 11) is 0. The van der Waals surface area contributed by atoms with E-state index in [1.807, 2.05) is 6.08 Å². The second kappa shape index (κ2) is 14.9. The quantitative estimate of drug-likeness (QED) is 0.143. The molecule has 1 atom stereocenters. The molecule has 0 unspecified atom stereocenters. The Morgan fingerprint density at radius 2 is 1.40 bits per heavy atom. The molecule has 0 N–H and O–H groups in total. The molecule has 1 aliphatic heterocycles. The van der Waals surface area contributed by atoms with Gasteiger partial charge in [-0.25, -0.2) is 0 Å². The van der Waals surface area contributed by atoms with E-state index in [2.05, 4.69) is 6.92 Å². The number of esters is 1. The Kier molecular flexibility index (Phi) is 12.9. The van der Waals surface area contributed by atoms with Crippen molar-refractivity contribution < 1.29 is 14.3 Å². The number of unbranched alkanes of at least 4 members (excludes halogenated alkanes) is 13. The molecule has 3 heteroatoms. The van der Waals surface area contributed by atoms with Gasteiger partial charge >= 0.3 is 5.97 Å². The zero-order valence-corrected chi connectivity index (χ0v) is 16.0. The number of hydrogen-bond donors (Lipinski definition) is 0. The summed E-state index contributed by atoms with van der Waals surface area (Å²) >= 11 is 0. The van der Waals surface area contributed by atoms with E-state index in [4.69, 9.17) is 4.74 Å². The van der Waals surface area contributed by atoms with Crippen LogP contribution < -0.4 is 0 Å². The van der Waals surface area contributed by atoms with Crippen molar-refractivity contribution in [3.63, 3.8) is 0 Å². The largest absolute Gasteiger partial charge is 0.433 e. The molecule has 0 spiro atoms. The van der Waals surface area contributed by atoms with Crippen LogP contribution in [0.5, 0.6) is 0 Å². The fraction of sp³-hybridized carbons (Fsp3) is 0.727. The maximum absolute atomic E-state index is 11.4. The van der Waals surface area contributed by atoms with Crippen molar-refractivity contribution in [3.8, 4) is 0 Å². The van der Waals surface area contributed by atoms with Crippen LogP contribution >= 0.6 is 0 Å². The Morgan fingerprint density at radius 1 is 0.880 bits per heavy atom. The van der Waals surface area contributed by atoms with Crippen molar-refractivity contribution in [1.82, 2.24) is 0 Å². The smallest absolute Gasteiger partial charge is 0.322 e. The van der Waals surface area contributed by atoms with E-state index in [0.29, 0.717) is 11.9 Å². The Bertz CT molecular complexity index is 423. The van der Waals surface area contributed by atoms with Crippen molar-refractivity contribution in [2.75, 3.05) is 0 Å². The van der Waals surface area contributed by atoms with E-state index in [-0.39, 0.29) is 5.97 Å². The summed E-state index contributed by atoms with van der Waals surface area (Å²) in [5.41, 5.74) is 0.423. The van der Waals surface area contributed by atoms with Gasteiger partial charge in [0, 0.05) is 5.57 Å². The molecular weight excluding hydrogens is 312 g/mol. The Labute approximate surface area is 153 Å². The van der Waals surface area contributed by atoms with E-state index < -0.39 is 5.92 Å². The normalized spacial score (nSPS) is 17.1. The predicted molar refractivity (Wildman–Crippen MR) is 103 cm³/mol. The second-order valence-corrected chi connectivity index (χ2v) is 7.11. The predicted octanol–water partition coefficient (Wildman–Crippen LogP) is 6.28. The van der Waals surface area contributed by atoms with Gasteiger partial charge in [0.15, 0.2) is 0 Å². The molecule has 0 aliphatic carbocycles. The van der Waals surface area contributed by atoms with Gasteiger partial charge in [0.25, 0.3) is 0 Å². The molecule has 0 aromatic heterocycles. The van der Waals surface area contributed by atoms with Crippen LogP contribution in [0.4, 0.5) is 0 Å². The molecule has 0 amide bonds. The summed E-state index contributed by atoms with van der Waals surface area (Å²) in [6.45, 7) is 2.27. The van der Waals surface area contributed by atoms with Gasteiger partial charge in [-0.05, 0) is 12.8 Å². The molecule has 0 radical (unpaired) electrons. The van der Waals surface area contributed by atoms with E-state index in [9.17, 15) is 9.59 Å². The van der Waals surface area contributed by atoms with Crippen molar-refractivity contribution in [2.45, 2.75) is 96.8 Å². The van der Waals surface area contributed by atoms with Crippen LogP contribution in [-0.4, -0.2) is 12.3 Å². The zero-order chi connectivity index (χ0) is 18.2. The van der Waals surface area contributed by atoms with Gasteiger partial charge in [0.2, 0.25) is 0 Å². The van der Waals surface area contributed by atoms with Crippen LogP contribution in [0.15, 0.2) is 24.0 Å². The van der Waals surface area contributed by atoms with Gasteiger partial charge in [-0.2, -0.15) is 0 Å². The maximum Gasteiger partial charge on any atom is 0.322 e. The van der Waals surface area contributed by atoms with Gasteiger partial charge in [-0.15, -0.1) is 0 Å². The monoisotopic (exact) mass is 348 g/mol. The lowest BCUT2D eigenvalue weighted by molar-refractivity contribution is -0.137. The summed E-state index contributed by atoms with van der Waals surface area (Å²) in [6.07, 6.45) is 24.3. The van der Waals surface area contributed by atoms with Gasteiger partial charge in [-0.1, -0.05) is 96.1 Å². The van der Waals surface area contributed by atoms with Crippen molar-refractivity contribution in [2.24, 2.45) is 5.92 Å². The standard InChI is InChI=1S/C22H36O3/c1-2-3-4-5-6-7-8-9-10-11-12-13-14-15-16-17-21-20(18-23)19-25-22(21)24/h16-19,21H,2-15H2,1H3/b17-16+/t21-/m1/s1. The summed E-state index contributed by atoms with van der Waals surface area (Å²) < 4.78 is 4.76. The Hall–Kier alpha value is -1.38. The number of cyclic esters (lactones) is 1. The minimum atomic E-state index is -0.487. The number of aldehydes is 1. The highest BCUT2D eigenvalue weighted by molar-refractivity contribution is 5.91. The molecule has 1 aliphatic rings. The van der Waals surface area contributed by atoms with Crippen molar-refractivity contribution in [1.29, 1.82) is 0 Å². The first kappa shape index (κ1) is 21.7. The maximum atomic E-state index is 11.4. The third-order valence-corrected chi connectivity index (χ3v) is 4.86. The number of carbonyl (C=O) groups excluding carboxylic acids is 2. The zero-order valence-electron chi connectivity index (χ0n) is 16.0. The number of rotatable bonds is 16. The van der Waals surface area contributed by atoms with Crippen LogP contribution in [0, 0.1) is 5.92 Å². The summed E-state index contributed by atoms with van der Waals surface area (Å²) in [6, 6.07) is 0. The van der Waals surface area contributed by atoms with Crippen molar-refractivity contribution in [3.05, 3.63) is 24.0 Å². The third kappa shape index (κ3) is 10.3. The molecule has 0 fully saturated rings.